The number of hydrogen-bond donors (Lipinski definition) is 0. The SMILES string of the molecule is c1cc[c]([Ge]([c]2ccccc2)([c]2ccccc2)[Sn]([c]2ccccc2)([c]2ccccc2)[c]2ccccc2)cc1. The van der Waals surface area contributed by atoms with Gasteiger partial charge in [-0.15, -0.1) is 0 Å². The third-order valence-electron chi connectivity index (χ3n) is 7.80. The van der Waals surface area contributed by atoms with Crippen molar-refractivity contribution in [3.05, 3.63) is 182 Å². The van der Waals surface area contributed by atoms with Crippen molar-refractivity contribution in [2.24, 2.45) is 0 Å². The van der Waals surface area contributed by atoms with Crippen LogP contribution in [0.2, 0.25) is 0 Å². The van der Waals surface area contributed by atoms with Gasteiger partial charge in [0.25, 0.3) is 0 Å². The molecule has 0 bridgehead atoms. The maximum atomic E-state index is 2.44. The summed E-state index contributed by atoms with van der Waals surface area (Å²) in [7, 11) is -3.53. The zero-order valence-electron chi connectivity index (χ0n) is 21.3. The van der Waals surface area contributed by atoms with Crippen LogP contribution in [0, 0.1) is 0 Å². The maximum absolute atomic E-state index is 3.93. The molecule has 0 aromatic heterocycles. The normalized spacial score (nSPS) is 11.7. The second-order valence-electron chi connectivity index (χ2n) is 9.70. The van der Waals surface area contributed by atoms with E-state index < -0.39 is 26.0 Å². The van der Waals surface area contributed by atoms with Crippen LogP contribution in [-0.2, 0) is 0 Å². The number of benzene rings is 6. The van der Waals surface area contributed by atoms with Gasteiger partial charge in [-0.2, -0.15) is 0 Å². The molecule has 2 heteroatoms. The Bertz CT molecular complexity index is 1250. The Labute approximate surface area is 230 Å². The van der Waals surface area contributed by atoms with Crippen molar-refractivity contribution in [2.75, 3.05) is 0 Å². The molecule has 0 amide bonds. The van der Waals surface area contributed by atoms with Crippen molar-refractivity contribution in [3.8, 4) is 0 Å². The van der Waals surface area contributed by atoms with Crippen molar-refractivity contribution in [1.29, 1.82) is 0 Å². The van der Waals surface area contributed by atoms with Gasteiger partial charge in [-0.05, 0) is 0 Å². The predicted octanol–water partition coefficient (Wildman–Crippen LogP) is 4.41. The third-order valence-corrected chi connectivity index (χ3v) is 69.7. The predicted molar refractivity (Wildman–Crippen MR) is 168 cm³/mol. The Kier molecular flexibility index (Phi) is 7.35. The van der Waals surface area contributed by atoms with Crippen LogP contribution < -0.4 is 23.9 Å². The summed E-state index contributed by atoms with van der Waals surface area (Å²) in [6.45, 7) is 0. The summed E-state index contributed by atoms with van der Waals surface area (Å²) in [6, 6.07) is 69.2. The molecule has 0 saturated heterocycles. The zero-order valence-corrected chi connectivity index (χ0v) is 26.3. The molecular weight excluding hydrogens is 624 g/mol. The van der Waals surface area contributed by atoms with E-state index in [-0.39, 0.29) is 0 Å². The first-order valence-electron chi connectivity index (χ1n) is 13.2. The molecule has 0 atom stereocenters. The molecule has 0 spiro atoms. The van der Waals surface area contributed by atoms with Crippen molar-refractivity contribution < 1.29 is 0 Å². The summed E-state index contributed by atoms with van der Waals surface area (Å²) in [5.74, 6) is 0. The first kappa shape index (κ1) is 25.0. The fraction of sp³-hybridized carbons (Fsp3) is 0. The Morgan fingerprint density at radius 1 is 0.263 bits per heavy atom. The van der Waals surface area contributed by atoms with E-state index in [4.69, 9.17) is 0 Å². The minimum absolute atomic E-state index is 1.53. The summed E-state index contributed by atoms with van der Waals surface area (Å²) in [5, 5.41) is 0. The molecule has 0 unspecified atom stereocenters. The van der Waals surface area contributed by atoms with Gasteiger partial charge in [0, 0.05) is 0 Å². The van der Waals surface area contributed by atoms with E-state index in [1.54, 1.807) is 0 Å². The van der Waals surface area contributed by atoms with Gasteiger partial charge in [0.2, 0.25) is 0 Å². The molecule has 182 valence electrons. The van der Waals surface area contributed by atoms with Crippen LogP contribution >= 0.6 is 0 Å². The van der Waals surface area contributed by atoms with E-state index in [1.165, 1.54) is 23.9 Å². The Morgan fingerprint density at radius 2 is 0.474 bits per heavy atom. The summed E-state index contributed by atoms with van der Waals surface area (Å²) in [4.78, 5) is 0. The van der Waals surface area contributed by atoms with Crippen molar-refractivity contribution in [3.63, 3.8) is 0 Å². The monoisotopic (exact) mass is 656 g/mol. The molecule has 6 rings (SSSR count). The van der Waals surface area contributed by atoms with Crippen molar-refractivity contribution in [2.45, 2.75) is 0 Å². The van der Waals surface area contributed by atoms with Crippen LogP contribution in [0.25, 0.3) is 0 Å². The van der Waals surface area contributed by atoms with Crippen LogP contribution in [0.3, 0.4) is 0 Å². The topological polar surface area (TPSA) is 0 Å². The Balaban J connectivity index is 1.93. The van der Waals surface area contributed by atoms with E-state index in [9.17, 15) is 0 Å². The van der Waals surface area contributed by atoms with Crippen molar-refractivity contribution >= 4 is 49.9 Å². The fourth-order valence-electron chi connectivity index (χ4n) is 6.43. The third kappa shape index (κ3) is 4.07. The molecule has 38 heavy (non-hydrogen) atoms. The van der Waals surface area contributed by atoms with E-state index in [1.807, 2.05) is 0 Å². The molecule has 0 nitrogen and oxygen atoms in total. The van der Waals surface area contributed by atoms with Crippen LogP contribution in [0.15, 0.2) is 182 Å². The summed E-state index contributed by atoms with van der Waals surface area (Å²) in [5.41, 5.74) is 0. The number of hydrogen-bond acceptors (Lipinski definition) is 0. The molecule has 0 N–H and O–H groups in total. The van der Waals surface area contributed by atoms with E-state index in [2.05, 4.69) is 182 Å². The van der Waals surface area contributed by atoms with Gasteiger partial charge in [-0.1, -0.05) is 0 Å². The summed E-state index contributed by atoms with van der Waals surface area (Å²) >= 11 is -3.93. The molecule has 0 fully saturated rings. The van der Waals surface area contributed by atoms with Crippen LogP contribution in [0.5, 0.6) is 0 Å². The fourth-order valence-corrected chi connectivity index (χ4v) is 80.1. The molecule has 0 heterocycles. The minimum atomic E-state index is -3.93. The standard InChI is InChI=1S/C18H15Ge.3C6H5.Sn/c1-4-10-16(11-5-1)19(17-12-6-2-7-13-17)18-14-8-3-9-15-18;3*1-2-4-6-5-3-1;/h1-15H;3*1-5H;. The van der Waals surface area contributed by atoms with Gasteiger partial charge < -0.3 is 0 Å². The van der Waals surface area contributed by atoms with E-state index in [0.717, 1.165) is 0 Å². The average Bonchev–Trinajstić information content (AvgIpc) is 3.02. The molecule has 0 saturated carbocycles. The van der Waals surface area contributed by atoms with Crippen LogP contribution in [0.1, 0.15) is 0 Å². The van der Waals surface area contributed by atoms with Gasteiger partial charge >= 0.3 is 232 Å². The second kappa shape index (κ2) is 11.2. The first-order chi connectivity index (χ1) is 18.9. The first-order valence-corrected chi connectivity index (χ1v) is 29.1. The molecule has 6 aromatic carbocycles. The molecular formula is C36H30GeSn. The average molecular weight is 654 g/mol. The van der Waals surface area contributed by atoms with Gasteiger partial charge in [-0.3, -0.25) is 0 Å². The summed E-state index contributed by atoms with van der Waals surface area (Å²) in [6.07, 6.45) is 0. The van der Waals surface area contributed by atoms with Gasteiger partial charge in [0.05, 0.1) is 0 Å². The van der Waals surface area contributed by atoms with Crippen LogP contribution in [-0.4, -0.2) is 26.0 Å². The Hall–Kier alpha value is -3.34. The Morgan fingerprint density at radius 3 is 0.711 bits per heavy atom. The molecule has 0 radical (unpaired) electrons. The molecule has 0 aliphatic carbocycles. The van der Waals surface area contributed by atoms with Crippen LogP contribution in [0.4, 0.5) is 0 Å². The van der Waals surface area contributed by atoms with E-state index >= 15 is 0 Å². The quantitative estimate of drug-likeness (QED) is 0.224. The van der Waals surface area contributed by atoms with Gasteiger partial charge in [-0.25, -0.2) is 0 Å². The van der Waals surface area contributed by atoms with Crippen molar-refractivity contribution in [1.82, 2.24) is 0 Å². The molecule has 0 aliphatic heterocycles. The zero-order chi connectivity index (χ0) is 25.7. The second-order valence-corrected chi connectivity index (χ2v) is 47.4. The number of rotatable bonds is 7. The van der Waals surface area contributed by atoms with E-state index in [0.29, 0.717) is 0 Å². The molecule has 0 aliphatic rings. The molecule has 6 aromatic rings. The van der Waals surface area contributed by atoms with Gasteiger partial charge in [0.15, 0.2) is 0 Å². The van der Waals surface area contributed by atoms with Gasteiger partial charge in [0.1, 0.15) is 0 Å². The summed E-state index contributed by atoms with van der Waals surface area (Å²) < 4.78 is 9.19.